The molecule has 0 aliphatic carbocycles. The summed E-state index contributed by atoms with van der Waals surface area (Å²) in [5.41, 5.74) is 23.2. The van der Waals surface area contributed by atoms with Crippen LogP contribution in [0.1, 0.15) is 22.3 Å². The fourth-order valence-electron chi connectivity index (χ4n) is 14.3. The summed E-state index contributed by atoms with van der Waals surface area (Å²) in [4.78, 5) is 18.0. The smallest absolute Gasteiger partial charge is 0.164 e. The first-order valence-corrected chi connectivity index (χ1v) is 31.2. The summed E-state index contributed by atoms with van der Waals surface area (Å²) < 4.78 is 11.4. The molecule has 12 aromatic carbocycles. The Kier molecular flexibility index (Phi) is 11.3. The zero-order valence-electron chi connectivity index (χ0n) is 49.4. The molecule has 18 aromatic rings. The van der Waals surface area contributed by atoms with Crippen LogP contribution in [0.25, 0.3) is 165 Å². The number of para-hydroxylation sites is 5. The van der Waals surface area contributed by atoms with Crippen LogP contribution in [0.5, 0.6) is 0 Å². The van der Waals surface area contributed by atoms with E-state index in [0.717, 1.165) is 159 Å². The lowest BCUT2D eigenvalue weighted by Crippen LogP contribution is -2.17. The van der Waals surface area contributed by atoms with Gasteiger partial charge >= 0.3 is 0 Å². The highest BCUT2D eigenvalue weighted by molar-refractivity contribution is 7.21. The Morgan fingerprint density at radius 2 is 0.607 bits per heavy atom. The van der Waals surface area contributed by atoms with E-state index in [1.807, 2.05) is 0 Å². The van der Waals surface area contributed by atoms with Crippen molar-refractivity contribution in [3.63, 3.8) is 0 Å². The molecule has 0 unspecified atom stereocenters. The molecule has 0 aliphatic heterocycles. The number of hydrogen-bond acceptors (Lipinski definition) is 4. The molecule has 0 saturated heterocycles. The van der Waals surface area contributed by atoms with E-state index < -0.39 is 0 Å². The van der Waals surface area contributed by atoms with Gasteiger partial charge in [-0.1, -0.05) is 192 Å². The van der Waals surface area contributed by atoms with Gasteiger partial charge in [-0.2, -0.15) is 0 Å². The van der Waals surface area contributed by atoms with E-state index in [0.29, 0.717) is 5.82 Å². The number of rotatable bonds is 8. The molecule has 0 aliphatic rings. The lowest BCUT2D eigenvalue weighted by atomic mass is 9.96. The largest absolute Gasteiger partial charge is 0.308 e. The molecule has 0 saturated carbocycles. The molecule has 89 heavy (non-hydrogen) atoms. The van der Waals surface area contributed by atoms with Gasteiger partial charge in [0.25, 0.3) is 0 Å². The van der Waals surface area contributed by atoms with Crippen molar-refractivity contribution in [1.29, 1.82) is 0 Å². The Morgan fingerprint density at radius 3 is 1.02 bits per heavy atom. The van der Waals surface area contributed by atoms with E-state index in [1.165, 1.54) is 22.3 Å². The molecule has 420 valence electrons. The molecular formula is C81H55N7S. The Balaban J connectivity index is 1.23. The first-order chi connectivity index (χ1) is 43.8. The second-order valence-electron chi connectivity index (χ2n) is 23.8. The maximum Gasteiger partial charge on any atom is 0.164 e. The molecule has 0 N–H and O–H groups in total. The molecule has 0 amide bonds. The zero-order valence-corrected chi connectivity index (χ0v) is 50.2. The van der Waals surface area contributed by atoms with Crippen LogP contribution in [0.4, 0.5) is 0 Å². The second-order valence-corrected chi connectivity index (χ2v) is 24.8. The minimum absolute atomic E-state index is 0.566. The molecular weight excluding hydrogens is 1100 g/mol. The molecule has 0 spiro atoms. The third kappa shape index (κ3) is 7.73. The van der Waals surface area contributed by atoms with Crippen molar-refractivity contribution in [1.82, 2.24) is 33.2 Å². The van der Waals surface area contributed by atoms with Gasteiger partial charge in [0.05, 0.1) is 99.6 Å². The summed E-state index contributed by atoms with van der Waals surface area (Å²) in [6.07, 6.45) is 0. The summed E-state index contributed by atoms with van der Waals surface area (Å²) in [5.74, 6) is 0.566. The lowest BCUT2D eigenvalue weighted by Gasteiger charge is -2.30. The van der Waals surface area contributed by atoms with Gasteiger partial charge in [0, 0.05) is 54.2 Å². The molecule has 8 heteroatoms. The normalized spacial score (nSPS) is 12.0. The van der Waals surface area contributed by atoms with Crippen LogP contribution in [0.3, 0.4) is 0 Å². The van der Waals surface area contributed by atoms with Crippen LogP contribution < -0.4 is 0 Å². The molecule has 18 rings (SSSR count). The van der Waals surface area contributed by atoms with E-state index in [2.05, 4.69) is 307 Å². The number of hydrogen-bond donors (Lipinski definition) is 0. The van der Waals surface area contributed by atoms with Crippen LogP contribution in [0.2, 0.25) is 0 Å². The fourth-order valence-corrected chi connectivity index (χ4v) is 15.4. The highest BCUT2D eigenvalue weighted by Crippen LogP contribution is 2.55. The predicted octanol–water partition coefficient (Wildman–Crippen LogP) is 21.4. The quantitative estimate of drug-likeness (QED) is 0.152. The summed E-state index contributed by atoms with van der Waals surface area (Å²) in [7, 11) is 0. The van der Waals surface area contributed by atoms with Crippen LogP contribution in [-0.2, 0) is 0 Å². The van der Waals surface area contributed by atoms with Crippen LogP contribution in [0, 0.1) is 27.7 Å². The SMILES string of the molecule is Cc1ccc2c(c1)c1ccccc1n2-c1c(-c2nc(-c3ccccc3)cc(-c3ccccc3)n2)c(-n2c3ccccc3c3cc(C)ccc32)c(-n2c3ccccc3c3cc(C)ccc32)c(-n2c3ccccc3c3cc(C)ccc32)c1-c1nc2ccccc2s1. The Hall–Kier alpha value is -11.2. The van der Waals surface area contributed by atoms with Crippen molar-refractivity contribution >= 4 is 109 Å². The van der Waals surface area contributed by atoms with Crippen molar-refractivity contribution in [2.45, 2.75) is 27.7 Å². The Morgan fingerprint density at radius 1 is 0.270 bits per heavy atom. The van der Waals surface area contributed by atoms with E-state index in [-0.39, 0.29) is 0 Å². The summed E-state index contributed by atoms with van der Waals surface area (Å²) in [6.45, 7) is 8.81. The van der Waals surface area contributed by atoms with Gasteiger partial charge < -0.3 is 18.3 Å². The average Bonchev–Trinajstić information content (AvgIpc) is 1.61. The molecule has 6 aromatic heterocycles. The van der Waals surface area contributed by atoms with Gasteiger partial charge in [-0.25, -0.2) is 15.0 Å². The van der Waals surface area contributed by atoms with Gasteiger partial charge in [-0.05, 0) is 119 Å². The number of benzene rings is 12. The molecule has 0 fully saturated rings. The third-order valence-corrected chi connectivity index (χ3v) is 19.3. The summed E-state index contributed by atoms with van der Waals surface area (Å²) in [5, 5.41) is 10.1. The van der Waals surface area contributed by atoms with Gasteiger partial charge in [-0.15, -0.1) is 11.3 Å². The van der Waals surface area contributed by atoms with Crippen molar-refractivity contribution < 1.29 is 0 Å². The second kappa shape index (κ2) is 19.7. The molecule has 0 atom stereocenters. The first-order valence-electron chi connectivity index (χ1n) is 30.4. The predicted molar refractivity (Wildman–Crippen MR) is 373 cm³/mol. The van der Waals surface area contributed by atoms with Crippen molar-refractivity contribution in [3.8, 4) is 67.2 Å². The Bertz CT molecular complexity index is 5880. The standard InChI is InChI=1S/C81H55N7S/c1-48-35-39-69-58(43-48)54-25-11-16-30-65(54)85(69)76-74(80-82-63(52-21-7-5-8-22-52)47-64(83-80)53-23-9-6-10-24-53)77(86-66-31-17-12-26-55(66)59-44-49(2)36-40-70(59)86)79(88-68-33-19-14-28-57(68)61-46-51(4)38-42-72(61)88)78(75(76)81-84-62-29-15-20-34-73(62)89-81)87-67-32-18-13-27-56(67)60-45-50(3)37-41-71(60)87/h5-47H,1-4H3. The van der Waals surface area contributed by atoms with Gasteiger partial charge in [-0.3, -0.25) is 0 Å². The molecule has 7 nitrogen and oxygen atoms in total. The number of aryl methyl sites for hydroxylation is 4. The molecule has 6 heterocycles. The van der Waals surface area contributed by atoms with E-state index >= 15 is 0 Å². The maximum atomic E-state index is 6.06. The minimum atomic E-state index is 0.566. The van der Waals surface area contributed by atoms with E-state index in [1.54, 1.807) is 11.3 Å². The topological polar surface area (TPSA) is 58.4 Å². The average molecular weight is 1160 g/mol. The minimum Gasteiger partial charge on any atom is -0.308 e. The van der Waals surface area contributed by atoms with E-state index in [4.69, 9.17) is 15.0 Å². The van der Waals surface area contributed by atoms with Gasteiger partial charge in [0.15, 0.2) is 5.82 Å². The molecule has 0 radical (unpaired) electrons. The highest BCUT2D eigenvalue weighted by Gasteiger charge is 2.38. The highest BCUT2D eigenvalue weighted by atomic mass is 32.1. The van der Waals surface area contributed by atoms with Crippen molar-refractivity contribution in [2.24, 2.45) is 0 Å². The summed E-state index contributed by atoms with van der Waals surface area (Å²) in [6, 6.07) is 95.7. The van der Waals surface area contributed by atoms with Crippen molar-refractivity contribution in [3.05, 3.63) is 283 Å². The number of fused-ring (bicyclic) bond motifs is 13. The monoisotopic (exact) mass is 1160 g/mol. The fraction of sp³-hybridized carbons (Fsp3) is 0.0494. The van der Waals surface area contributed by atoms with Gasteiger partial charge in [0.2, 0.25) is 0 Å². The van der Waals surface area contributed by atoms with Gasteiger partial charge in [0.1, 0.15) is 5.01 Å². The van der Waals surface area contributed by atoms with Crippen LogP contribution in [0.15, 0.2) is 261 Å². The van der Waals surface area contributed by atoms with E-state index in [9.17, 15) is 0 Å². The van der Waals surface area contributed by atoms with Crippen LogP contribution >= 0.6 is 11.3 Å². The number of aromatic nitrogens is 7. The third-order valence-electron chi connectivity index (χ3n) is 18.2. The number of thiazole rings is 1. The zero-order chi connectivity index (χ0) is 59.2. The summed E-state index contributed by atoms with van der Waals surface area (Å²) >= 11 is 1.73. The number of nitrogens with zero attached hydrogens (tertiary/aromatic N) is 7. The Labute approximate surface area is 516 Å². The first kappa shape index (κ1) is 51.1. The molecule has 0 bridgehead atoms. The lowest BCUT2D eigenvalue weighted by molar-refractivity contribution is 1.03. The van der Waals surface area contributed by atoms with Crippen LogP contribution in [-0.4, -0.2) is 33.2 Å². The maximum absolute atomic E-state index is 6.06. The van der Waals surface area contributed by atoms with Crippen molar-refractivity contribution in [2.75, 3.05) is 0 Å².